The molecule has 4 aromatic rings. The van der Waals surface area contributed by atoms with E-state index in [1.165, 1.54) is 11.1 Å². The summed E-state index contributed by atoms with van der Waals surface area (Å²) in [6.45, 7) is 6.62. The van der Waals surface area contributed by atoms with E-state index in [-0.39, 0.29) is 24.5 Å². The summed E-state index contributed by atoms with van der Waals surface area (Å²) in [6, 6.07) is 24.9. The van der Waals surface area contributed by atoms with Crippen molar-refractivity contribution >= 4 is 17.0 Å². The molecule has 0 aliphatic carbocycles. The Balaban J connectivity index is 1.53. The monoisotopic (exact) mass is 469 g/mol. The summed E-state index contributed by atoms with van der Waals surface area (Å²) in [6.07, 6.45) is 0.680. The standard InChI is InChI=1S/C29H32N4O2/c1-20-7-11-22(12-8-20)15-25(19-35-28(34)24-16-31-17-24)33-27-6-4-3-5-26(27)32(29(33)30)18-23-13-9-21(2)10-14-23/h3-14,24-25,30-31H,15-19H2,1-2H3/p+1. The van der Waals surface area contributed by atoms with Crippen LogP contribution in [0.1, 0.15) is 28.3 Å². The van der Waals surface area contributed by atoms with Gasteiger partial charge in [0, 0.05) is 0 Å². The molecule has 6 heteroatoms. The van der Waals surface area contributed by atoms with Crippen LogP contribution in [0.15, 0.2) is 72.8 Å². The number of imidazole rings is 1. The number of hydrogen-bond acceptors (Lipinski definition) is 3. The van der Waals surface area contributed by atoms with Crippen LogP contribution in [-0.2, 0) is 22.5 Å². The molecule has 1 fully saturated rings. The Labute approximate surface area is 205 Å². The molecule has 1 saturated heterocycles. The zero-order valence-electron chi connectivity index (χ0n) is 20.4. The number of fused-ring (bicyclic) bond motifs is 1. The highest BCUT2D eigenvalue weighted by molar-refractivity contribution is 5.76. The number of ether oxygens (including phenoxy) is 1. The number of nitrogens with one attached hydrogen (secondary N) is 1. The number of para-hydroxylation sites is 2. The Morgan fingerprint density at radius 2 is 1.54 bits per heavy atom. The summed E-state index contributed by atoms with van der Waals surface area (Å²) in [5, 5.41) is 11.3. The van der Waals surface area contributed by atoms with Gasteiger partial charge in [0.2, 0.25) is 5.62 Å². The molecule has 1 aromatic heterocycles. The maximum atomic E-state index is 12.6. The number of quaternary nitrogens is 1. The average Bonchev–Trinajstić information content (AvgIpc) is 3.09. The number of aromatic nitrogens is 2. The fraction of sp³-hybridized carbons (Fsp3) is 0.310. The van der Waals surface area contributed by atoms with Crippen molar-refractivity contribution in [1.29, 1.82) is 5.41 Å². The smallest absolute Gasteiger partial charge is 0.320 e. The SMILES string of the molecule is Cc1ccc(CC(COC(=O)C2C[NH2+]C2)n2c(=N)n(Cc3ccc(C)cc3)c3ccccc32)cc1. The number of esters is 1. The van der Waals surface area contributed by atoms with Crippen molar-refractivity contribution in [3.8, 4) is 0 Å². The van der Waals surface area contributed by atoms with Gasteiger partial charge in [0.25, 0.3) is 0 Å². The molecule has 3 N–H and O–H groups in total. The molecular weight excluding hydrogens is 436 g/mol. The lowest BCUT2D eigenvalue weighted by Crippen LogP contribution is -2.97. The van der Waals surface area contributed by atoms with Crippen molar-refractivity contribution < 1.29 is 14.8 Å². The van der Waals surface area contributed by atoms with Crippen molar-refractivity contribution in [2.45, 2.75) is 32.9 Å². The van der Waals surface area contributed by atoms with E-state index in [1.54, 1.807) is 0 Å². The molecule has 0 amide bonds. The van der Waals surface area contributed by atoms with Crippen LogP contribution in [0.3, 0.4) is 0 Å². The van der Waals surface area contributed by atoms with Crippen molar-refractivity contribution in [2.24, 2.45) is 5.92 Å². The van der Waals surface area contributed by atoms with Gasteiger partial charge >= 0.3 is 5.97 Å². The van der Waals surface area contributed by atoms with Crippen molar-refractivity contribution in [3.05, 3.63) is 101 Å². The quantitative estimate of drug-likeness (QED) is 0.389. The molecule has 0 bridgehead atoms. The number of carbonyl (C=O) groups is 1. The van der Waals surface area contributed by atoms with Gasteiger partial charge in [-0.3, -0.25) is 10.2 Å². The van der Waals surface area contributed by atoms with Gasteiger partial charge in [-0.25, -0.2) is 0 Å². The first-order valence-electron chi connectivity index (χ1n) is 12.3. The number of benzene rings is 3. The molecule has 180 valence electrons. The van der Waals surface area contributed by atoms with Crippen LogP contribution in [0.25, 0.3) is 11.0 Å². The largest absolute Gasteiger partial charge is 0.463 e. The summed E-state index contributed by atoms with van der Waals surface area (Å²) < 4.78 is 9.92. The lowest BCUT2D eigenvalue weighted by Gasteiger charge is -2.24. The van der Waals surface area contributed by atoms with E-state index in [4.69, 9.17) is 4.74 Å². The Bertz CT molecular complexity index is 1380. The van der Waals surface area contributed by atoms with E-state index < -0.39 is 0 Å². The minimum absolute atomic E-state index is 0.0154. The molecule has 1 atom stereocenters. The van der Waals surface area contributed by atoms with Gasteiger partial charge in [0.05, 0.1) is 36.7 Å². The van der Waals surface area contributed by atoms with Crippen LogP contribution in [0.5, 0.6) is 0 Å². The summed E-state index contributed by atoms with van der Waals surface area (Å²) >= 11 is 0. The fourth-order valence-electron chi connectivity index (χ4n) is 4.70. The molecular formula is C29H33N4O2+. The second-order valence-electron chi connectivity index (χ2n) is 9.68. The summed E-state index contributed by atoms with van der Waals surface area (Å²) in [5.74, 6) is -0.143. The number of hydrogen-bond donors (Lipinski definition) is 2. The zero-order chi connectivity index (χ0) is 24.4. The minimum atomic E-state index is -0.178. The van der Waals surface area contributed by atoms with Crippen molar-refractivity contribution in [3.63, 3.8) is 0 Å². The van der Waals surface area contributed by atoms with Gasteiger partial charge < -0.3 is 19.2 Å². The Hall–Kier alpha value is -3.64. The van der Waals surface area contributed by atoms with Gasteiger partial charge in [-0.15, -0.1) is 0 Å². The molecule has 1 aliphatic rings. The first-order chi connectivity index (χ1) is 17.0. The maximum Gasteiger partial charge on any atom is 0.320 e. The van der Waals surface area contributed by atoms with Crippen LogP contribution in [0.2, 0.25) is 0 Å². The molecule has 6 nitrogen and oxygen atoms in total. The summed E-state index contributed by atoms with van der Waals surface area (Å²) in [7, 11) is 0. The summed E-state index contributed by atoms with van der Waals surface area (Å²) in [5.41, 5.74) is 7.15. The molecule has 0 radical (unpaired) electrons. The van der Waals surface area contributed by atoms with E-state index >= 15 is 0 Å². The third-order valence-corrected chi connectivity index (χ3v) is 6.99. The number of aryl methyl sites for hydroxylation is 2. The lowest BCUT2D eigenvalue weighted by atomic mass is 10.0. The van der Waals surface area contributed by atoms with E-state index in [1.807, 2.05) is 21.3 Å². The van der Waals surface area contributed by atoms with Crippen molar-refractivity contribution in [1.82, 2.24) is 9.13 Å². The van der Waals surface area contributed by atoms with E-state index in [0.717, 1.165) is 35.2 Å². The van der Waals surface area contributed by atoms with Gasteiger partial charge in [0.1, 0.15) is 6.61 Å². The third kappa shape index (κ3) is 4.93. The topological polar surface area (TPSA) is 76.6 Å². The molecule has 1 unspecified atom stereocenters. The predicted molar refractivity (Wildman–Crippen MR) is 136 cm³/mol. The highest BCUT2D eigenvalue weighted by Crippen LogP contribution is 2.23. The molecule has 0 spiro atoms. The second kappa shape index (κ2) is 9.92. The van der Waals surface area contributed by atoms with Crippen molar-refractivity contribution in [2.75, 3.05) is 19.7 Å². The Morgan fingerprint density at radius 3 is 2.14 bits per heavy atom. The molecule has 2 heterocycles. The average molecular weight is 470 g/mol. The normalized spacial score (nSPS) is 14.6. The summed E-state index contributed by atoms with van der Waals surface area (Å²) in [4.78, 5) is 12.6. The third-order valence-electron chi connectivity index (χ3n) is 6.99. The van der Waals surface area contributed by atoms with Gasteiger partial charge in [-0.1, -0.05) is 71.8 Å². The number of nitrogens with two attached hydrogens (primary N) is 1. The first kappa shape index (κ1) is 23.1. The highest BCUT2D eigenvalue weighted by atomic mass is 16.5. The fourth-order valence-corrected chi connectivity index (χ4v) is 4.70. The molecule has 3 aromatic carbocycles. The van der Waals surface area contributed by atoms with Crippen LogP contribution in [-0.4, -0.2) is 34.8 Å². The maximum absolute atomic E-state index is 12.6. The number of rotatable bonds is 8. The van der Waals surface area contributed by atoms with Gasteiger partial charge in [0.15, 0.2) is 5.92 Å². The van der Waals surface area contributed by atoms with E-state index in [0.29, 0.717) is 18.6 Å². The van der Waals surface area contributed by atoms with Gasteiger partial charge in [-0.2, -0.15) is 0 Å². The molecule has 1 aliphatic heterocycles. The van der Waals surface area contributed by atoms with Crippen LogP contribution < -0.4 is 10.9 Å². The minimum Gasteiger partial charge on any atom is -0.463 e. The first-order valence-corrected chi connectivity index (χ1v) is 12.3. The van der Waals surface area contributed by atoms with E-state index in [9.17, 15) is 10.2 Å². The van der Waals surface area contributed by atoms with Crippen LogP contribution >= 0.6 is 0 Å². The lowest BCUT2D eigenvalue weighted by molar-refractivity contribution is -0.717. The number of carbonyl (C=O) groups excluding carboxylic acids is 1. The van der Waals surface area contributed by atoms with Crippen LogP contribution in [0.4, 0.5) is 0 Å². The Morgan fingerprint density at radius 1 is 0.943 bits per heavy atom. The molecule has 35 heavy (non-hydrogen) atoms. The molecule has 0 saturated carbocycles. The molecule has 5 rings (SSSR count). The number of nitrogens with zero attached hydrogens (tertiary/aromatic N) is 2. The predicted octanol–water partition coefficient (Wildman–Crippen LogP) is 3.11. The zero-order valence-corrected chi connectivity index (χ0v) is 20.4. The highest BCUT2D eigenvalue weighted by Gasteiger charge is 2.32. The second-order valence-corrected chi connectivity index (χ2v) is 9.68. The Kier molecular flexibility index (Phi) is 6.55. The van der Waals surface area contributed by atoms with Crippen LogP contribution in [0, 0.1) is 25.2 Å². The van der Waals surface area contributed by atoms with E-state index in [2.05, 4.69) is 79.8 Å². The van der Waals surface area contributed by atoms with Gasteiger partial charge in [-0.05, 0) is 43.5 Å².